The SMILES string of the molecule is CCC(CC)C(=O)N1CCN(C(=O)c2ccc(Br)s2)CC1. The average molecular weight is 373 g/mol. The fraction of sp³-hybridized carbons (Fsp3) is 0.600. The van der Waals surface area contributed by atoms with Gasteiger partial charge in [-0.2, -0.15) is 0 Å². The summed E-state index contributed by atoms with van der Waals surface area (Å²) in [6.45, 7) is 6.66. The quantitative estimate of drug-likeness (QED) is 0.813. The Morgan fingerprint density at radius 1 is 1.14 bits per heavy atom. The number of rotatable bonds is 4. The molecule has 0 N–H and O–H groups in total. The summed E-state index contributed by atoms with van der Waals surface area (Å²) in [6, 6.07) is 3.74. The summed E-state index contributed by atoms with van der Waals surface area (Å²) in [7, 11) is 0. The maximum atomic E-state index is 12.3. The van der Waals surface area contributed by atoms with Gasteiger partial charge >= 0.3 is 0 Å². The average Bonchev–Trinajstić information content (AvgIpc) is 2.94. The predicted molar refractivity (Wildman–Crippen MR) is 88.6 cm³/mol. The van der Waals surface area contributed by atoms with Crippen LogP contribution in [0.3, 0.4) is 0 Å². The predicted octanol–water partition coefficient (Wildman–Crippen LogP) is 3.23. The van der Waals surface area contributed by atoms with Crippen molar-refractivity contribution in [3.63, 3.8) is 0 Å². The normalized spacial score (nSPS) is 15.6. The number of halogens is 1. The molecule has 1 saturated heterocycles. The van der Waals surface area contributed by atoms with Crippen LogP contribution in [0.15, 0.2) is 15.9 Å². The van der Waals surface area contributed by atoms with E-state index in [-0.39, 0.29) is 17.7 Å². The molecule has 1 aromatic rings. The van der Waals surface area contributed by atoms with Gasteiger partial charge in [-0.1, -0.05) is 13.8 Å². The highest BCUT2D eigenvalue weighted by Crippen LogP contribution is 2.24. The van der Waals surface area contributed by atoms with E-state index >= 15 is 0 Å². The van der Waals surface area contributed by atoms with Crippen LogP contribution in [-0.4, -0.2) is 47.8 Å². The van der Waals surface area contributed by atoms with E-state index in [1.54, 1.807) is 0 Å². The van der Waals surface area contributed by atoms with Gasteiger partial charge < -0.3 is 9.80 Å². The number of nitrogens with zero attached hydrogens (tertiary/aromatic N) is 2. The van der Waals surface area contributed by atoms with Crippen LogP contribution in [0.4, 0.5) is 0 Å². The number of carbonyl (C=O) groups excluding carboxylic acids is 2. The molecule has 1 aliphatic heterocycles. The molecule has 0 spiro atoms. The van der Waals surface area contributed by atoms with Crippen LogP contribution in [0.1, 0.15) is 36.4 Å². The Morgan fingerprint density at radius 2 is 1.71 bits per heavy atom. The van der Waals surface area contributed by atoms with Crippen molar-refractivity contribution in [1.82, 2.24) is 9.80 Å². The Bertz CT molecular complexity index is 506. The number of carbonyl (C=O) groups is 2. The third-order valence-electron chi connectivity index (χ3n) is 4.00. The molecule has 0 radical (unpaired) electrons. The molecule has 6 heteroatoms. The van der Waals surface area contributed by atoms with Crippen LogP contribution in [-0.2, 0) is 4.79 Å². The monoisotopic (exact) mass is 372 g/mol. The zero-order chi connectivity index (χ0) is 15.4. The van der Waals surface area contributed by atoms with E-state index in [2.05, 4.69) is 29.8 Å². The van der Waals surface area contributed by atoms with Crippen molar-refractivity contribution in [1.29, 1.82) is 0 Å². The van der Waals surface area contributed by atoms with E-state index in [9.17, 15) is 9.59 Å². The number of thiophene rings is 1. The lowest BCUT2D eigenvalue weighted by atomic mass is 10.0. The summed E-state index contributed by atoms with van der Waals surface area (Å²) in [5.41, 5.74) is 0. The molecule has 0 aromatic carbocycles. The topological polar surface area (TPSA) is 40.6 Å². The number of hydrogen-bond donors (Lipinski definition) is 0. The van der Waals surface area contributed by atoms with Crippen LogP contribution in [0.2, 0.25) is 0 Å². The zero-order valence-electron chi connectivity index (χ0n) is 12.5. The Hall–Kier alpha value is -0.880. The number of piperazine rings is 1. The highest BCUT2D eigenvalue weighted by Gasteiger charge is 2.28. The molecule has 0 unspecified atom stereocenters. The number of hydrogen-bond acceptors (Lipinski definition) is 3. The van der Waals surface area contributed by atoms with Gasteiger partial charge in [-0.15, -0.1) is 11.3 Å². The molecule has 1 aromatic heterocycles. The minimum Gasteiger partial charge on any atom is -0.339 e. The minimum absolute atomic E-state index is 0.0698. The first-order valence-electron chi connectivity index (χ1n) is 7.40. The fourth-order valence-corrected chi connectivity index (χ4v) is 3.97. The van der Waals surface area contributed by atoms with E-state index in [4.69, 9.17) is 0 Å². The molecule has 4 nitrogen and oxygen atoms in total. The Morgan fingerprint density at radius 3 is 2.19 bits per heavy atom. The molecule has 2 heterocycles. The third kappa shape index (κ3) is 3.86. The maximum absolute atomic E-state index is 12.3. The largest absolute Gasteiger partial charge is 0.339 e. The lowest BCUT2D eigenvalue weighted by Crippen LogP contribution is -2.51. The zero-order valence-corrected chi connectivity index (χ0v) is 14.9. The van der Waals surface area contributed by atoms with E-state index in [0.29, 0.717) is 26.2 Å². The molecule has 2 rings (SSSR count). The van der Waals surface area contributed by atoms with Crippen LogP contribution in [0.5, 0.6) is 0 Å². The first-order valence-corrected chi connectivity index (χ1v) is 9.01. The summed E-state index contributed by atoms with van der Waals surface area (Å²) in [5.74, 6) is 0.437. The minimum atomic E-state index is 0.0698. The van der Waals surface area contributed by atoms with E-state index in [1.165, 1.54) is 11.3 Å². The van der Waals surface area contributed by atoms with Gasteiger partial charge in [-0.3, -0.25) is 9.59 Å². The van der Waals surface area contributed by atoms with Crippen LogP contribution >= 0.6 is 27.3 Å². The molecule has 2 amide bonds. The third-order valence-corrected chi connectivity index (χ3v) is 5.61. The van der Waals surface area contributed by atoms with Crippen molar-refractivity contribution in [2.75, 3.05) is 26.2 Å². The standard InChI is InChI=1S/C15H21BrN2O2S/c1-3-11(4-2)14(19)17-7-9-18(10-8-17)15(20)12-5-6-13(16)21-12/h5-6,11H,3-4,7-10H2,1-2H3. The lowest BCUT2D eigenvalue weighted by molar-refractivity contribution is -0.137. The van der Waals surface area contributed by atoms with Gasteiger partial charge in [0.2, 0.25) is 5.91 Å². The fourth-order valence-electron chi connectivity index (χ4n) is 2.61. The van der Waals surface area contributed by atoms with Crippen molar-refractivity contribution < 1.29 is 9.59 Å². The van der Waals surface area contributed by atoms with Crippen molar-refractivity contribution in [2.24, 2.45) is 5.92 Å². The lowest BCUT2D eigenvalue weighted by Gasteiger charge is -2.36. The van der Waals surface area contributed by atoms with Gasteiger partial charge in [0.05, 0.1) is 8.66 Å². The molecule has 0 atom stereocenters. The molecular formula is C15H21BrN2O2S. The molecule has 1 fully saturated rings. The summed E-state index contributed by atoms with van der Waals surface area (Å²) in [4.78, 5) is 29.2. The van der Waals surface area contributed by atoms with E-state index in [1.807, 2.05) is 21.9 Å². The van der Waals surface area contributed by atoms with Gasteiger partial charge in [0.1, 0.15) is 0 Å². The molecular weight excluding hydrogens is 352 g/mol. The number of amides is 2. The molecule has 0 aliphatic carbocycles. The molecule has 0 saturated carbocycles. The van der Waals surface area contributed by atoms with Crippen molar-refractivity contribution >= 4 is 39.1 Å². The Kier molecular flexibility index (Phi) is 5.81. The first-order chi connectivity index (χ1) is 10.1. The molecule has 116 valence electrons. The van der Waals surface area contributed by atoms with Gasteiger partial charge in [0.15, 0.2) is 0 Å². The molecule has 0 bridgehead atoms. The summed E-state index contributed by atoms with van der Waals surface area (Å²) < 4.78 is 0.966. The van der Waals surface area contributed by atoms with Crippen LogP contribution < -0.4 is 0 Å². The van der Waals surface area contributed by atoms with Crippen molar-refractivity contribution in [3.05, 3.63) is 20.8 Å². The smallest absolute Gasteiger partial charge is 0.264 e. The Labute approximate surface area is 138 Å². The van der Waals surface area contributed by atoms with Crippen LogP contribution in [0, 0.1) is 5.92 Å². The first kappa shape index (κ1) is 16.5. The second-order valence-electron chi connectivity index (χ2n) is 5.23. The van der Waals surface area contributed by atoms with E-state index < -0.39 is 0 Å². The van der Waals surface area contributed by atoms with E-state index in [0.717, 1.165) is 21.5 Å². The second-order valence-corrected chi connectivity index (χ2v) is 7.70. The molecule has 21 heavy (non-hydrogen) atoms. The Balaban J connectivity index is 1.91. The summed E-state index contributed by atoms with van der Waals surface area (Å²) in [5, 5.41) is 0. The van der Waals surface area contributed by atoms with Crippen molar-refractivity contribution in [3.8, 4) is 0 Å². The second kappa shape index (κ2) is 7.40. The van der Waals surface area contributed by atoms with Gasteiger partial charge in [-0.25, -0.2) is 0 Å². The van der Waals surface area contributed by atoms with Gasteiger partial charge in [0.25, 0.3) is 5.91 Å². The summed E-state index contributed by atoms with van der Waals surface area (Å²) in [6.07, 6.45) is 1.77. The summed E-state index contributed by atoms with van der Waals surface area (Å²) >= 11 is 4.83. The maximum Gasteiger partial charge on any atom is 0.264 e. The van der Waals surface area contributed by atoms with Gasteiger partial charge in [0, 0.05) is 32.1 Å². The highest BCUT2D eigenvalue weighted by atomic mass is 79.9. The molecule has 1 aliphatic rings. The van der Waals surface area contributed by atoms with Gasteiger partial charge in [-0.05, 0) is 40.9 Å². The van der Waals surface area contributed by atoms with Crippen molar-refractivity contribution in [2.45, 2.75) is 26.7 Å². The van der Waals surface area contributed by atoms with Crippen LogP contribution in [0.25, 0.3) is 0 Å². The highest BCUT2D eigenvalue weighted by molar-refractivity contribution is 9.11.